The molecule has 0 bridgehead atoms. The van der Waals surface area contributed by atoms with Crippen molar-refractivity contribution >= 4 is 0 Å². The van der Waals surface area contributed by atoms with Crippen LogP contribution in [0.15, 0.2) is 30.3 Å². The van der Waals surface area contributed by atoms with Gasteiger partial charge in [0.15, 0.2) is 0 Å². The van der Waals surface area contributed by atoms with E-state index in [9.17, 15) is 13.2 Å². The van der Waals surface area contributed by atoms with Gasteiger partial charge in [0.1, 0.15) is 17.5 Å². The van der Waals surface area contributed by atoms with E-state index in [-0.39, 0.29) is 11.1 Å². The van der Waals surface area contributed by atoms with Crippen molar-refractivity contribution in [2.45, 2.75) is 19.9 Å². The van der Waals surface area contributed by atoms with Crippen LogP contribution in [-0.4, -0.2) is 0 Å². The highest BCUT2D eigenvalue weighted by molar-refractivity contribution is 5.40. The molecule has 1 nitrogen and oxygen atoms in total. The fraction of sp³-hybridized carbons (Fsp3) is 0.200. The van der Waals surface area contributed by atoms with Crippen molar-refractivity contribution in [3.05, 3.63) is 70.0 Å². The summed E-state index contributed by atoms with van der Waals surface area (Å²) < 4.78 is 40.5. The highest BCUT2D eigenvalue weighted by atomic mass is 19.1. The first-order chi connectivity index (χ1) is 8.90. The van der Waals surface area contributed by atoms with E-state index in [0.29, 0.717) is 5.56 Å². The van der Waals surface area contributed by atoms with Gasteiger partial charge >= 0.3 is 0 Å². The van der Waals surface area contributed by atoms with E-state index in [0.717, 1.165) is 17.7 Å². The number of halogens is 3. The van der Waals surface area contributed by atoms with E-state index in [2.05, 4.69) is 0 Å². The predicted octanol–water partition coefficient (Wildman–Crippen LogP) is 3.77. The van der Waals surface area contributed by atoms with Crippen LogP contribution in [0.3, 0.4) is 0 Å². The highest BCUT2D eigenvalue weighted by Crippen LogP contribution is 2.28. The largest absolute Gasteiger partial charge is 0.320 e. The molecule has 4 heteroatoms. The van der Waals surface area contributed by atoms with E-state index >= 15 is 0 Å². The normalized spacial score (nSPS) is 12.5. The first kappa shape index (κ1) is 13.6. The lowest BCUT2D eigenvalue weighted by Crippen LogP contribution is -2.17. The molecule has 19 heavy (non-hydrogen) atoms. The van der Waals surface area contributed by atoms with Crippen LogP contribution in [0.5, 0.6) is 0 Å². The molecule has 0 radical (unpaired) electrons. The fourth-order valence-corrected chi connectivity index (χ4v) is 2.23. The fourth-order valence-electron chi connectivity index (χ4n) is 2.23. The molecule has 1 atom stereocenters. The number of benzene rings is 2. The number of hydrogen-bond donors (Lipinski definition) is 1. The molecular formula is C15H14F3N. The molecule has 0 heterocycles. The number of rotatable bonds is 2. The van der Waals surface area contributed by atoms with E-state index in [1.807, 2.05) is 0 Å². The van der Waals surface area contributed by atoms with Gasteiger partial charge in [0, 0.05) is 17.2 Å². The summed E-state index contributed by atoms with van der Waals surface area (Å²) in [6.07, 6.45) is 0. The molecule has 0 saturated heterocycles. The summed E-state index contributed by atoms with van der Waals surface area (Å²) in [6, 6.07) is 5.27. The third-order valence-corrected chi connectivity index (χ3v) is 3.09. The van der Waals surface area contributed by atoms with Crippen molar-refractivity contribution in [3.63, 3.8) is 0 Å². The highest BCUT2D eigenvalue weighted by Gasteiger charge is 2.20. The Hall–Kier alpha value is -1.81. The maximum atomic E-state index is 14.0. The molecule has 2 aromatic rings. The minimum absolute atomic E-state index is 0.0762. The van der Waals surface area contributed by atoms with Gasteiger partial charge in [-0.25, -0.2) is 13.2 Å². The Morgan fingerprint density at radius 1 is 0.947 bits per heavy atom. The van der Waals surface area contributed by atoms with Crippen LogP contribution in [0.1, 0.15) is 28.3 Å². The van der Waals surface area contributed by atoms with Crippen LogP contribution in [0, 0.1) is 31.3 Å². The van der Waals surface area contributed by atoms with Crippen molar-refractivity contribution in [3.8, 4) is 0 Å². The van der Waals surface area contributed by atoms with Crippen LogP contribution >= 0.6 is 0 Å². The standard InChI is InChI=1S/C15H14F3N/c1-8-5-9(2)14(13(18)6-8)15(19)11-4-3-10(16)7-12(11)17/h3-7,15H,19H2,1-2H3. The maximum Gasteiger partial charge on any atom is 0.131 e. The van der Waals surface area contributed by atoms with Crippen molar-refractivity contribution < 1.29 is 13.2 Å². The zero-order valence-electron chi connectivity index (χ0n) is 10.7. The van der Waals surface area contributed by atoms with Gasteiger partial charge in [0.25, 0.3) is 0 Å². The van der Waals surface area contributed by atoms with Gasteiger partial charge in [-0.2, -0.15) is 0 Å². The summed E-state index contributed by atoms with van der Waals surface area (Å²) in [4.78, 5) is 0. The third kappa shape index (κ3) is 2.63. The molecule has 0 spiro atoms. The molecule has 2 rings (SSSR count). The second kappa shape index (κ2) is 5.05. The average molecular weight is 265 g/mol. The SMILES string of the molecule is Cc1cc(C)c(C(N)c2ccc(F)cc2F)c(F)c1. The van der Waals surface area contributed by atoms with Gasteiger partial charge in [0.05, 0.1) is 6.04 Å². The smallest absolute Gasteiger partial charge is 0.131 e. The third-order valence-electron chi connectivity index (χ3n) is 3.09. The topological polar surface area (TPSA) is 26.0 Å². The molecule has 0 aliphatic rings. The molecule has 1 unspecified atom stereocenters. The molecule has 2 N–H and O–H groups in total. The van der Waals surface area contributed by atoms with E-state index in [4.69, 9.17) is 5.73 Å². The van der Waals surface area contributed by atoms with Crippen molar-refractivity contribution in [1.82, 2.24) is 0 Å². The van der Waals surface area contributed by atoms with Crippen molar-refractivity contribution in [1.29, 1.82) is 0 Å². The van der Waals surface area contributed by atoms with Gasteiger partial charge in [-0.3, -0.25) is 0 Å². The molecule has 2 aromatic carbocycles. The summed E-state index contributed by atoms with van der Waals surface area (Å²) in [6.45, 7) is 3.48. The van der Waals surface area contributed by atoms with E-state index in [1.54, 1.807) is 19.9 Å². The van der Waals surface area contributed by atoms with Crippen LogP contribution in [0.4, 0.5) is 13.2 Å². The Morgan fingerprint density at radius 2 is 1.63 bits per heavy atom. The van der Waals surface area contributed by atoms with Crippen molar-refractivity contribution in [2.75, 3.05) is 0 Å². The Bertz CT molecular complexity index is 600. The quantitative estimate of drug-likeness (QED) is 0.878. The Balaban J connectivity index is 2.53. The van der Waals surface area contributed by atoms with E-state index < -0.39 is 23.5 Å². The van der Waals surface area contributed by atoms with Crippen molar-refractivity contribution in [2.24, 2.45) is 5.73 Å². The summed E-state index contributed by atoms with van der Waals surface area (Å²) in [5.74, 6) is -1.94. The molecule has 0 saturated carbocycles. The Morgan fingerprint density at radius 3 is 2.21 bits per heavy atom. The first-order valence-electron chi connectivity index (χ1n) is 5.87. The van der Waals surface area contributed by atoms with Gasteiger partial charge in [0.2, 0.25) is 0 Å². The number of nitrogens with two attached hydrogens (primary N) is 1. The van der Waals surface area contributed by atoms with Gasteiger partial charge < -0.3 is 5.73 Å². The van der Waals surface area contributed by atoms with Crippen LogP contribution in [0.2, 0.25) is 0 Å². The van der Waals surface area contributed by atoms with E-state index in [1.165, 1.54) is 12.1 Å². The predicted molar refractivity (Wildman–Crippen MR) is 68.3 cm³/mol. The molecule has 100 valence electrons. The zero-order valence-corrected chi connectivity index (χ0v) is 10.7. The summed E-state index contributed by atoms with van der Waals surface area (Å²) in [7, 11) is 0. The lowest BCUT2D eigenvalue weighted by molar-refractivity contribution is 0.555. The molecule has 0 aromatic heterocycles. The zero-order chi connectivity index (χ0) is 14.2. The number of aryl methyl sites for hydroxylation is 2. The minimum Gasteiger partial charge on any atom is -0.320 e. The lowest BCUT2D eigenvalue weighted by Gasteiger charge is -2.17. The first-order valence-corrected chi connectivity index (χ1v) is 5.87. The lowest BCUT2D eigenvalue weighted by atomic mass is 9.93. The number of hydrogen-bond acceptors (Lipinski definition) is 1. The second-order valence-electron chi connectivity index (χ2n) is 4.62. The molecular weight excluding hydrogens is 251 g/mol. The minimum atomic E-state index is -0.957. The maximum absolute atomic E-state index is 14.0. The summed E-state index contributed by atoms with van der Waals surface area (Å²) in [5, 5.41) is 0. The molecule has 0 amide bonds. The monoisotopic (exact) mass is 265 g/mol. The molecule has 0 fully saturated rings. The summed E-state index contributed by atoms with van der Waals surface area (Å²) in [5.41, 5.74) is 7.64. The van der Waals surface area contributed by atoms with Gasteiger partial charge in [-0.15, -0.1) is 0 Å². The van der Waals surface area contributed by atoms with Gasteiger partial charge in [-0.05, 0) is 37.1 Å². The molecule has 0 aliphatic heterocycles. The second-order valence-corrected chi connectivity index (χ2v) is 4.62. The van der Waals surface area contributed by atoms with Crippen LogP contribution in [-0.2, 0) is 0 Å². The van der Waals surface area contributed by atoms with Crippen LogP contribution < -0.4 is 5.73 Å². The molecule has 0 aliphatic carbocycles. The Kier molecular flexibility index (Phi) is 3.62. The average Bonchev–Trinajstić information content (AvgIpc) is 2.26. The van der Waals surface area contributed by atoms with Crippen LogP contribution in [0.25, 0.3) is 0 Å². The summed E-state index contributed by atoms with van der Waals surface area (Å²) >= 11 is 0. The Labute approximate surface area is 109 Å². The van der Waals surface area contributed by atoms with Gasteiger partial charge in [-0.1, -0.05) is 12.1 Å².